The first-order valence-electron chi connectivity index (χ1n) is 12.1. The first kappa shape index (κ1) is 26.8. The molecule has 0 spiro atoms. The van der Waals surface area contributed by atoms with Gasteiger partial charge < -0.3 is 19.5 Å². The predicted octanol–water partition coefficient (Wildman–Crippen LogP) is 6.23. The summed E-state index contributed by atoms with van der Waals surface area (Å²) in [6.45, 7) is 7.30. The largest absolute Gasteiger partial charge is 0.490 e. The molecule has 0 heterocycles. The monoisotopic (exact) mass is 515 g/mol. The first-order chi connectivity index (χ1) is 17.1. The van der Waals surface area contributed by atoms with Crippen molar-refractivity contribution in [1.82, 2.24) is 10.7 Å². The van der Waals surface area contributed by atoms with Gasteiger partial charge in [-0.25, -0.2) is 0 Å². The Kier molecular flexibility index (Phi) is 11.2. The average molecular weight is 516 g/mol. The third-order valence-corrected chi connectivity index (χ3v) is 6.19. The summed E-state index contributed by atoms with van der Waals surface area (Å²) in [5.74, 6) is 2.56. The summed E-state index contributed by atoms with van der Waals surface area (Å²) in [7, 11) is 0. The van der Waals surface area contributed by atoms with Gasteiger partial charge >= 0.3 is 0 Å². The Morgan fingerprint density at radius 1 is 1.11 bits per heavy atom. The van der Waals surface area contributed by atoms with Crippen LogP contribution in [0, 0.1) is 0 Å². The summed E-state index contributed by atoms with van der Waals surface area (Å²) < 4.78 is 17.5. The number of hydrazone groups is 1. The van der Waals surface area contributed by atoms with Crippen LogP contribution in [0.15, 0.2) is 54.2 Å². The van der Waals surface area contributed by atoms with E-state index in [1.54, 1.807) is 18.4 Å². The molecule has 2 aromatic rings. The van der Waals surface area contributed by atoms with Crippen molar-refractivity contribution in [3.8, 4) is 17.2 Å². The summed E-state index contributed by atoms with van der Waals surface area (Å²) in [5.41, 5.74) is 4.90. The van der Waals surface area contributed by atoms with Crippen molar-refractivity contribution in [3.63, 3.8) is 0 Å². The first-order valence-corrected chi connectivity index (χ1v) is 12.9. The van der Waals surface area contributed by atoms with Gasteiger partial charge in [0.15, 0.2) is 16.6 Å². The van der Waals surface area contributed by atoms with Gasteiger partial charge in [0, 0.05) is 6.54 Å². The Morgan fingerprint density at radius 2 is 1.86 bits per heavy atom. The number of hydrogen-bond donors (Lipinski definition) is 2. The topological polar surface area (TPSA) is 64.1 Å². The molecule has 35 heavy (non-hydrogen) atoms. The van der Waals surface area contributed by atoms with Crippen LogP contribution in [-0.4, -0.2) is 37.7 Å². The second-order valence-corrected chi connectivity index (χ2v) is 9.05. The van der Waals surface area contributed by atoms with Crippen LogP contribution in [0.5, 0.6) is 17.2 Å². The zero-order chi connectivity index (χ0) is 24.9. The SMILES string of the molecule is C=CCNC(=S)NN=Cc1cc(Cl)c(OCCOc2ccc(C3CCCCC3)cc2)c(OCC)c1. The van der Waals surface area contributed by atoms with Crippen LogP contribution in [0.25, 0.3) is 0 Å². The van der Waals surface area contributed by atoms with E-state index >= 15 is 0 Å². The zero-order valence-corrected chi connectivity index (χ0v) is 21.8. The number of halogens is 1. The molecule has 0 bridgehead atoms. The smallest absolute Gasteiger partial charge is 0.187 e. The quantitative estimate of drug-likeness (QED) is 0.115. The maximum Gasteiger partial charge on any atom is 0.187 e. The Labute approximate surface area is 218 Å². The molecule has 0 amide bonds. The normalized spacial score (nSPS) is 13.9. The number of nitrogens with zero attached hydrogens (tertiary/aromatic N) is 1. The molecule has 1 fully saturated rings. The van der Waals surface area contributed by atoms with E-state index in [-0.39, 0.29) is 0 Å². The summed E-state index contributed by atoms with van der Waals surface area (Å²) in [5, 5.41) is 7.89. The molecule has 188 valence electrons. The van der Waals surface area contributed by atoms with E-state index < -0.39 is 0 Å². The van der Waals surface area contributed by atoms with Crippen LogP contribution in [0.3, 0.4) is 0 Å². The number of hydrogen-bond acceptors (Lipinski definition) is 5. The molecule has 2 N–H and O–H groups in total. The molecular formula is C27H34ClN3O3S. The molecule has 0 atom stereocenters. The van der Waals surface area contributed by atoms with E-state index in [0.29, 0.717) is 53.9 Å². The standard InChI is InChI=1S/C27H34ClN3O3S/c1-3-14-29-27(35)31-30-19-20-17-24(28)26(25(18-20)32-4-2)34-16-15-33-23-12-10-22(11-13-23)21-8-6-5-7-9-21/h3,10-13,17-19,21H,1,4-9,14-16H2,2H3,(H2,29,31,35). The molecule has 1 aliphatic carbocycles. The number of nitrogens with one attached hydrogen (secondary N) is 2. The summed E-state index contributed by atoms with van der Waals surface area (Å²) in [6.07, 6.45) is 9.93. The van der Waals surface area contributed by atoms with Gasteiger partial charge in [0.05, 0.1) is 17.8 Å². The van der Waals surface area contributed by atoms with Gasteiger partial charge in [-0.2, -0.15) is 5.10 Å². The van der Waals surface area contributed by atoms with Crippen LogP contribution in [0.1, 0.15) is 56.1 Å². The third kappa shape index (κ3) is 8.75. The molecule has 3 rings (SSSR count). The fourth-order valence-corrected chi connectivity index (χ4v) is 4.42. The highest BCUT2D eigenvalue weighted by molar-refractivity contribution is 7.80. The van der Waals surface area contributed by atoms with Crippen molar-refractivity contribution in [2.24, 2.45) is 5.10 Å². The lowest BCUT2D eigenvalue weighted by Crippen LogP contribution is -2.31. The van der Waals surface area contributed by atoms with Gasteiger partial charge in [-0.15, -0.1) is 6.58 Å². The Morgan fingerprint density at radius 3 is 2.57 bits per heavy atom. The maximum atomic E-state index is 6.49. The molecule has 0 radical (unpaired) electrons. The Hall–Kier alpha value is -2.77. The number of ether oxygens (including phenoxy) is 3. The van der Waals surface area contributed by atoms with Gasteiger partial charge in [0.25, 0.3) is 0 Å². The Bertz CT molecular complexity index is 992. The van der Waals surface area contributed by atoms with Crippen LogP contribution in [0.2, 0.25) is 5.02 Å². The highest BCUT2D eigenvalue weighted by Crippen LogP contribution is 2.36. The van der Waals surface area contributed by atoms with Crippen LogP contribution in [0.4, 0.5) is 0 Å². The van der Waals surface area contributed by atoms with Crippen LogP contribution >= 0.6 is 23.8 Å². The Balaban J connectivity index is 1.52. The molecule has 2 aromatic carbocycles. The summed E-state index contributed by atoms with van der Waals surface area (Å²) in [6, 6.07) is 12.0. The number of thiocarbonyl (C=S) groups is 1. The molecule has 8 heteroatoms. The second-order valence-electron chi connectivity index (χ2n) is 8.23. The van der Waals surface area contributed by atoms with Crippen molar-refractivity contribution >= 4 is 35.1 Å². The van der Waals surface area contributed by atoms with Crippen molar-refractivity contribution in [2.75, 3.05) is 26.4 Å². The highest BCUT2D eigenvalue weighted by Gasteiger charge is 2.15. The third-order valence-electron chi connectivity index (χ3n) is 5.67. The van der Waals surface area contributed by atoms with E-state index in [9.17, 15) is 0 Å². The minimum atomic E-state index is 0.336. The van der Waals surface area contributed by atoms with E-state index in [1.807, 2.05) is 25.1 Å². The molecule has 0 unspecified atom stereocenters. The van der Waals surface area contributed by atoms with E-state index in [4.69, 9.17) is 38.0 Å². The van der Waals surface area contributed by atoms with E-state index in [1.165, 1.54) is 37.7 Å². The lowest BCUT2D eigenvalue weighted by molar-refractivity contribution is 0.208. The lowest BCUT2D eigenvalue weighted by atomic mass is 9.84. The van der Waals surface area contributed by atoms with Crippen molar-refractivity contribution in [3.05, 3.63) is 65.2 Å². The summed E-state index contributed by atoms with van der Waals surface area (Å²) in [4.78, 5) is 0. The molecule has 6 nitrogen and oxygen atoms in total. The van der Waals surface area contributed by atoms with Crippen molar-refractivity contribution < 1.29 is 14.2 Å². The number of rotatable bonds is 12. The van der Waals surface area contributed by atoms with Gasteiger partial charge in [-0.1, -0.05) is 49.1 Å². The van der Waals surface area contributed by atoms with Gasteiger partial charge in [-0.05, 0) is 73.3 Å². The lowest BCUT2D eigenvalue weighted by Gasteiger charge is -2.22. The minimum Gasteiger partial charge on any atom is -0.490 e. The summed E-state index contributed by atoms with van der Waals surface area (Å²) >= 11 is 11.6. The highest BCUT2D eigenvalue weighted by atomic mass is 35.5. The second kappa shape index (κ2) is 14.6. The molecule has 0 aliphatic heterocycles. The van der Waals surface area contributed by atoms with Crippen molar-refractivity contribution in [1.29, 1.82) is 0 Å². The predicted molar refractivity (Wildman–Crippen MR) is 147 cm³/mol. The van der Waals surface area contributed by atoms with Crippen LogP contribution < -0.4 is 25.0 Å². The molecular weight excluding hydrogens is 482 g/mol. The average Bonchev–Trinajstić information content (AvgIpc) is 2.87. The van der Waals surface area contributed by atoms with Crippen molar-refractivity contribution in [2.45, 2.75) is 44.9 Å². The maximum absolute atomic E-state index is 6.49. The zero-order valence-electron chi connectivity index (χ0n) is 20.2. The van der Waals surface area contributed by atoms with Gasteiger partial charge in [0.1, 0.15) is 19.0 Å². The fourth-order valence-electron chi connectivity index (χ4n) is 4.01. The van der Waals surface area contributed by atoms with Crippen LogP contribution in [-0.2, 0) is 0 Å². The van der Waals surface area contributed by atoms with Gasteiger partial charge in [-0.3, -0.25) is 5.43 Å². The molecule has 0 aromatic heterocycles. The molecule has 0 saturated heterocycles. The minimum absolute atomic E-state index is 0.336. The van der Waals surface area contributed by atoms with E-state index in [0.717, 1.165) is 11.3 Å². The molecule has 1 aliphatic rings. The molecule has 1 saturated carbocycles. The van der Waals surface area contributed by atoms with E-state index in [2.05, 4.69) is 34.6 Å². The fraction of sp³-hybridized carbons (Fsp3) is 0.407. The van der Waals surface area contributed by atoms with Gasteiger partial charge in [0.2, 0.25) is 0 Å². The number of benzene rings is 2.